The lowest BCUT2D eigenvalue weighted by atomic mass is 9.37. The number of ketones is 1. The van der Waals surface area contributed by atoms with Gasteiger partial charge in [-0.05, 0) is 97.4 Å². The van der Waals surface area contributed by atoms with Crippen LogP contribution in [0.15, 0.2) is 11.6 Å². The molecule has 0 amide bonds. The molecule has 1 saturated heterocycles. The molecule has 0 aromatic rings. The molecule has 7 atom stereocenters. The largest absolute Gasteiger partial charge is 0.347 e. The quantitative estimate of drug-likeness (QED) is 0.397. The standard InChI is InChI=1S/C30H46O3/c1-26(2)11-9-20-21(18-26)19-7-8-25-28(5,22(19)17-23(20)31)12-10-24-27(3,4)30(32-15-16-33-30)14-13-29(24,25)6/h17,19-21,24-25H,7-16,18H2,1-6H3/t19-,20+,21-,24+,25+,28+,29+/m1/s1. The molecule has 0 aromatic heterocycles. The first-order valence-electron chi connectivity index (χ1n) is 14.0. The number of fused-ring (bicyclic) bond motifs is 7. The summed E-state index contributed by atoms with van der Waals surface area (Å²) < 4.78 is 12.7. The van der Waals surface area contributed by atoms with Crippen LogP contribution in [0.2, 0.25) is 0 Å². The van der Waals surface area contributed by atoms with E-state index in [4.69, 9.17) is 9.47 Å². The summed E-state index contributed by atoms with van der Waals surface area (Å²) in [5, 5.41) is 0. The minimum absolute atomic E-state index is 0.0178. The van der Waals surface area contributed by atoms with Crippen LogP contribution < -0.4 is 0 Å². The smallest absolute Gasteiger partial charge is 0.173 e. The van der Waals surface area contributed by atoms with Gasteiger partial charge in [-0.1, -0.05) is 47.1 Å². The Morgan fingerprint density at radius 3 is 2.24 bits per heavy atom. The Morgan fingerprint density at radius 2 is 1.52 bits per heavy atom. The number of rotatable bonds is 0. The van der Waals surface area contributed by atoms with Crippen LogP contribution >= 0.6 is 0 Å². The van der Waals surface area contributed by atoms with Gasteiger partial charge in [-0.15, -0.1) is 0 Å². The second-order valence-electron chi connectivity index (χ2n) is 14.6. The molecule has 3 nitrogen and oxygen atoms in total. The highest BCUT2D eigenvalue weighted by Gasteiger charge is 2.68. The summed E-state index contributed by atoms with van der Waals surface area (Å²) in [5.41, 5.74) is 2.43. The van der Waals surface area contributed by atoms with Crippen LogP contribution in [0, 0.1) is 51.2 Å². The van der Waals surface area contributed by atoms with Gasteiger partial charge in [-0.2, -0.15) is 0 Å². The van der Waals surface area contributed by atoms with Crippen molar-refractivity contribution in [2.24, 2.45) is 51.2 Å². The Labute approximate surface area is 201 Å². The highest BCUT2D eigenvalue weighted by atomic mass is 16.7. The fourth-order valence-corrected chi connectivity index (χ4v) is 10.8. The van der Waals surface area contributed by atoms with Gasteiger partial charge in [0.2, 0.25) is 0 Å². The van der Waals surface area contributed by atoms with Crippen LogP contribution in [-0.2, 0) is 14.3 Å². The number of hydrogen-bond donors (Lipinski definition) is 0. The maximum Gasteiger partial charge on any atom is 0.173 e. The Hall–Kier alpha value is -0.670. The predicted molar refractivity (Wildman–Crippen MR) is 131 cm³/mol. The van der Waals surface area contributed by atoms with Crippen LogP contribution in [0.3, 0.4) is 0 Å². The number of ether oxygens (including phenoxy) is 2. The maximum absolute atomic E-state index is 13.4. The van der Waals surface area contributed by atoms with Crippen LogP contribution in [0.4, 0.5) is 0 Å². The minimum atomic E-state index is -0.386. The molecule has 5 fully saturated rings. The minimum Gasteiger partial charge on any atom is -0.347 e. The number of hydrogen-bond acceptors (Lipinski definition) is 3. The fourth-order valence-electron chi connectivity index (χ4n) is 10.8. The van der Waals surface area contributed by atoms with Crippen molar-refractivity contribution in [2.45, 2.75) is 105 Å². The van der Waals surface area contributed by atoms with Gasteiger partial charge < -0.3 is 9.47 Å². The molecule has 0 unspecified atom stereocenters. The summed E-state index contributed by atoms with van der Waals surface area (Å²) in [4.78, 5) is 13.4. The van der Waals surface area contributed by atoms with Gasteiger partial charge >= 0.3 is 0 Å². The molecule has 1 spiro atoms. The van der Waals surface area contributed by atoms with Crippen molar-refractivity contribution in [3.8, 4) is 0 Å². The SMILES string of the molecule is CC1(C)CC[C@@H]2C(=O)C=C3[C@H](CC[C@@H]4[C@@]5(C)CCC6(OCCO6)C(C)(C)[C@@H]5CC[C@@]34C)[C@H]2C1. The van der Waals surface area contributed by atoms with E-state index in [1.54, 1.807) is 5.57 Å². The Bertz CT molecular complexity index is 877. The summed E-state index contributed by atoms with van der Waals surface area (Å²) in [7, 11) is 0. The fraction of sp³-hybridized carbons (Fsp3) is 0.900. The zero-order valence-electron chi connectivity index (χ0n) is 22.0. The van der Waals surface area contributed by atoms with Crippen molar-refractivity contribution in [3.63, 3.8) is 0 Å². The van der Waals surface area contributed by atoms with Gasteiger partial charge in [0.15, 0.2) is 11.6 Å². The normalized spacial score (nSPS) is 49.5. The first-order valence-corrected chi connectivity index (χ1v) is 14.0. The maximum atomic E-state index is 13.4. The molecule has 3 heteroatoms. The van der Waals surface area contributed by atoms with E-state index in [9.17, 15) is 4.79 Å². The van der Waals surface area contributed by atoms with Gasteiger partial charge in [-0.25, -0.2) is 0 Å². The molecule has 0 radical (unpaired) electrons. The molecule has 184 valence electrons. The molecule has 5 aliphatic carbocycles. The van der Waals surface area contributed by atoms with Crippen LogP contribution in [0.25, 0.3) is 0 Å². The molecule has 1 heterocycles. The van der Waals surface area contributed by atoms with Crippen molar-refractivity contribution < 1.29 is 14.3 Å². The highest BCUT2D eigenvalue weighted by Crippen LogP contribution is 2.72. The lowest BCUT2D eigenvalue weighted by molar-refractivity contribution is -0.302. The van der Waals surface area contributed by atoms with Crippen LogP contribution in [0.1, 0.15) is 99.3 Å². The molecule has 6 aliphatic rings. The number of carbonyl (C=O) groups is 1. The third-order valence-electron chi connectivity index (χ3n) is 12.4. The summed E-state index contributed by atoms with van der Waals surface area (Å²) in [5.74, 6) is 2.85. The molecule has 0 bridgehead atoms. The van der Waals surface area contributed by atoms with Crippen molar-refractivity contribution in [1.29, 1.82) is 0 Å². The summed E-state index contributed by atoms with van der Waals surface area (Å²) >= 11 is 0. The van der Waals surface area contributed by atoms with Crippen molar-refractivity contribution in [2.75, 3.05) is 13.2 Å². The lowest BCUT2D eigenvalue weighted by Crippen LogP contribution is -2.65. The second kappa shape index (κ2) is 6.96. The van der Waals surface area contributed by atoms with Crippen LogP contribution in [-0.4, -0.2) is 24.8 Å². The summed E-state index contributed by atoms with van der Waals surface area (Å²) in [6.07, 6.45) is 13.0. The third kappa shape index (κ3) is 2.90. The van der Waals surface area contributed by atoms with E-state index in [2.05, 4.69) is 47.6 Å². The van der Waals surface area contributed by atoms with E-state index in [1.165, 1.54) is 44.9 Å². The van der Waals surface area contributed by atoms with Gasteiger partial charge in [0, 0.05) is 17.8 Å². The van der Waals surface area contributed by atoms with Gasteiger partial charge in [-0.3, -0.25) is 4.79 Å². The topological polar surface area (TPSA) is 35.5 Å². The molecular formula is C30H46O3. The zero-order chi connectivity index (χ0) is 23.4. The molecular weight excluding hydrogens is 408 g/mol. The molecule has 6 rings (SSSR count). The Morgan fingerprint density at radius 1 is 0.788 bits per heavy atom. The Kier molecular flexibility index (Phi) is 4.81. The van der Waals surface area contributed by atoms with E-state index in [-0.39, 0.29) is 22.0 Å². The first-order chi connectivity index (χ1) is 15.4. The second-order valence-corrected chi connectivity index (χ2v) is 14.6. The number of allylic oxidation sites excluding steroid dienone is 2. The van der Waals surface area contributed by atoms with E-state index >= 15 is 0 Å². The molecule has 0 N–H and O–H groups in total. The van der Waals surface area contributed by atoms with Gasteiger partial charge in [0.25, 0.3) is 0 Å². The van der Waals surface area contributed by atoms with E-state index in [0.717, 1.165) is 26.1 Å². The average molecular weight is 455 g/mol. The van der Waals surface area contributed by atoms with Gasteiger partial charge in [0.1, 0.15) is 0 Å². The summed E-state index contributed by atoms with van der Waals surface area (Å²) in [6, 6.07) is 0. The van der Waals surface area contributed by atoms with E-state index in [0.29, 0.717) is 40.8 Å². The van der Waals surface area contributed by atoms with E-state index < -0.39 is 0 Å². The first kappa shape index (κ1) is 22.8. The molecule has 33 heavy (non-hydrogen) atoms. The average Bonchev–Trinajstić information content (AvgIpc) is 3.22. The van der Waals surface area contributed by atoms with Crippen molar-refractivity contribution >= 4 is 5.78 Å². The molecule has 4 saturated carbocycles. The van der Waals surface area contributed by atoms with Crippen molar-refractivity contribution in [3.05, 3.63) is 11.6 Å². The lowest BCUT2D eigenvalue weighted by Gasteiger charge is -2.68. The zero-order valence-corrected chi connectivity index (χ0v) is 22.0. The predicted octanol–water partition coefficient (Wildman–Crippen LogP) is 6.95. The molecule has 1 aliphatic heterocycles. The third-order valence-corrected chi connectivity index (χ3v) is 12.4. The monoisotopic (exact) mass is 454 g/mol. The highest BCUT2D eigenvalue weighted by molar-refractivity contribution is 5.94. The number of carbonyl (C=O) groups excluding carboxylic acids is 1. The molecule has 0 aromatic carbocycles. The van der Waals surface area contributed by atoms with Crippen molar-refractivity contribution in [1.82, 2.24) is 0 Å². The van der Waals surface area contributed by atoms with Crippen LogP contribution in [0.5, 0.6) is 0 Å². The Balaban J connectivity index is 1.36. The summed E-state index contributed by atoms with van der Waals surface area (Å²) in [6.45, 7) is 16.3. The van der Waals surface area contributed by atoms with E-state index in [1.807, 2.05) is 0 Å². The van der Waals surface area contributed by atoms with Gasteiger partial charge in [0.05, 0.1) is 13.2 Å².